The highest BCUT2D eigenvalue weighted by atomic mass is 15.1. The van der Waals surface area contributed by atoms with Gasteiger partial charge in [0.2, 0.25) is 0 Å². The monoisotopic (exact) mass is 269 g/mol. The van der Waals surface area contributed by atoms with Gasteiger partial charge in [0.25, 0.3) is 0 Å². The average molecular weight is 269 g/mol. The van der Waals surface area contributed by atoms with E-state index < -0.39 is 0 Å². The molecule has 1 N–H and O–H groups in total. The molecule has 0 saturated heterocycles. The zero-order chi connectivity index (χ0) is 14.4. The fraction of sp³-hybridized carbons (Fsp3) is 0.353. The minimum Gasteiger partial charge on any atom is -0.370 e. The van der Waals surface area contributed by atoms with Crippen LogP contribution in [0.2, 0.25) is 0 Å². The predicted molar refractivity (Wildman–Crippen MR) is 86.3 cm³/mol. The summed E-state index contributed by atoms with van der Waals surface area (Å²) >= 11 is 0. The molecular weight excluding hydrogens is 246 g/mol. The molecule has 3 nitrogen and oxygen atoms in total. The minimum absolute atomic E-state index is 0.895. The fourth-order valence-electron chi connectivity index (χ4n) is 2.36. The van der Waals surface area contributed by atoms with Crippen LogP contribution < -0.4 is 10.2 Å². The van der Waals surface area contributed by atoms with Crippen molar-refractivity contribution in [2.45, 2.75) is 27.3 Å². The number of para-hydroxylation sites is 1. The number of rotatable bonds is 6. The molecule has 3 heteroatoms. The highest BCUT2D eigenvalue weighted by Crippen LogP contribution is 2.21. The van der Waals surface area contributed by atoms with Gasteiger partial charge in [-0.05, 0) is 50.1 Å². The number of anilines is 2. The first-order valence-electron chi connectivity index (χ1n) is 7.24. The van der Waals surface area contributed by atoms with E-state index in [1.165, 1.54) is 16.8 Å². The van der Waals surface area contributed by atoms with Gasteiger partial charge < -0.3 is 10.2 Å². The SMILES string of the molecule is CCNc1cc(CN(CC)c2ccccc2C)ccn1. The number of aromatic nitrogens is 1. The molecule has 0 aliphatic carbocycles. The molecular formula is C17H23N3. The Balaban J connectivity index is 2.18. The summed E-state index contributed by atoms with van der Waals surface area (Å²) in [6, 6.07) is 12.7. The zero-order valence-corrected chi connectivity index (χ0v) is 12.6. The summed E-state index contributed by atoms with van der Waals surface area (Å²) < 4.78 is 0. The van der Waals surface area contributed by atoms with Gasteiger partial charge in [-0.3, -0.25) is 0 Å². The van der Waals surface area contributed by atoms with Gasteiger partial charge in [0, 0.05) is 31.5 Å². The second-order valence-electron chi connectivity index (χ2n) is 4.88. The molecule has 1 aromatic heterocycles. The predicted octanol–water partition coefficient (Wildman–Crippen LogP) is 3.85. The van der Waals surface area contributed by atoms with E-state index in [1.54, 1.807) is 0 Å². The lowest BCUT2D eigenvalue weighted by Crippen LogP contribution is -2.22. The second kappa shape index (κ2) is 6.94. The van der Waals surface area contributed by atoms with Crippen LogP contribution in [0.3, 0.4) is 0 Å². The fourth-order valence-corrected chi connectivity index (χ4v) is 2.36. The Morgan fingerprint density at radius 3 is 2.65 bits per heavy atom. The molecule has 106 valence electrons. The Bertz CT molecular complexity index is 551. The number of nitrogens with zero attached hydrogens (tertiary/aromatic N) is 2. The lowest BCUT2D eigenvalue weighted by molar-refractivity contribution is 0.826. The summed E-state index contributed by atoms with van der Waals surface area (Å²) in [5, 5.41) is 3.26. The molecule has 1 heterocycles. The first-order chi connectivity index (χ1) is 9.74. The van der Waals surface area contributed by atoms with Crippen LogP contribution in [0.25, 0.3) is 0 Å². The van der Waals surface area contributed by atoms with Gasteiger partial charge in [0.15, 0.2) is 0 Å². The van der Waals surface area contributed by atoms with Crippen molar-refractivity contribution in [1.29, 1.82) is 0 Å². The molecule has 0 aliphatic rings. The number of benzene rings is 1. The van der Waals surface area contributed by atoms with Crippen molar-refractivity contribution in [2.75, 3.05) is 23.3 Å². The van der Waals surface area contributed by atoms with Crippen LogP contribution in [-0.2, 0) is 6.54 Å². The molecule has 0 aliphatic heterocycles. The smallest absolute Gasteiger partial charge is 0.126 e. The van der Waals surface area contributed by atoms with E-state index in [-0.39, 0.29) is 0 Å². The highest BCUT2D eigenvalue weighted by molar-refractivity contribution is 5.53. The molecule has 0 fully saturated rings. The Morgan fingerprint density at radius 2 is 1.95 bits per heavy atom. The number of nitrogens with one attached hydrogen (secondary N) is 1. The van der Waals surface area contributed by atoms with E-state index in [9.17, 15) is 0 Å². The topological polar surface area (TPSA) is 28.2 Å². The third kappa shape index (κ3) is 3.50. The summed E-state index contributed by atoms with van der Waals surface area (Å²) in [5.74, 6) is 0.950. The molecule has 2 rings (SSSR count). The van der Waals surface area contributed by atoms with E-state index in [1.807, 2.05) is 6.20 Å². The molecule has 0 amide bonds. The summed E-state index contributed by atoms with van der Waals surface area (Å²) in [6.45, 7) is 9.23. The van der Waals surface area contributed by atoms with Gasteiger partial charge in [0.05, 0.1) is 0 Å². The molecule has 0 atom stereocenters. The zero-order valence-electron chi connectivity index (χ0n) is 12.6. The van der Waals surface area contributed by atoms with Crippen LogP contribution in [-0.4, -0.2) is 18.1 Å². The lowest BCUT2D eigenvalue weighted by atomic mass is 10.1. The van der Waals surface area contributed by atoms with Crippen molar-refractivity contribution in [1.82, 2.24) is 4.98 Å². The Hall–Kier alpha value is -2.03. The summed E-state index contributed by atoms with van der Waals surface area (Å²) in [5.41, 5.74) is 3.90. The van der Waals surface area contributed by atoms with E-state index in [2.05, 4.69) is 72.4 Å². The Kier molecular flexibility index (Phi) is 4.99. The van der Waals surface area contributed by atoms with Crippen LogP contribution >= 0.6 is 0 Å². The number of pyridine rings is 1. The lowest BCUT2D eigenvalue weighted by Gasteiger charge is -2.25. The third-order valence-electron chi connectivity index (χ3n) is 3.39. The molecule has 20 heavy (non-hydrogen) atoms. The molecule has 2 aromatic rings. The standard InChI is InChI=1S/C17H23N3/c1-4-18-17-12-15(10-11-19-17)13-20(5-2)16-9-7-6-8-14(16)3/h6-12H,4-5,13H2,1-3H3,(H,18,19). The molecule has 0 unspecified atom stereocenters. The molecule has 0 bridgehead atoms. The molecule has 0 saturated carbocycles. The van der Waals surface area contributed by atoms with Crippen LogP contribution in [0.4, 0.5) is 11.5 Å². The minimum atomic E-state index is 0.895. The summed E-state index contributed by atoms with van der Waals surface area (Å²) in [7, 11) is 0. The van der Waals surface area contributed by atoms with E-state index in [4.69, 9.17) is 0 Å². The van der Waals surface area contributed by atoms with Crippen molar-refractivity contribution in [2.24, 2.45) is 0 Å². The molecule has 1 aromatic carbocycles. The second-order valence-corrected chi connectivity index (χ2v) is 4.88. The molecule has 0 spiro atoms. The van der Waals surface area contributed by atoms with Crippen LogP contribution in [0.5, 0.6) is 0 Å². The number of aryl methyl sites for hydroxylation is 1. The van der Waals surface area contributed by atoms with Gasteiger partial charge in [-0.25, -0.2) is 4.98 Å². The normalized spacial score (nSPS) is 10.3. The quantitative estimate of drug-likeness (QED) is 0.863. The highest BCUT2D eigenvalue weighted by Gasteiger charge is 2.08. The van der Waals surface area contributed by atoms with Crippen molar-refractivity contribution in [3.05, 3.63) is 53.7 Å². The van der Waals surface area contributed by atoms with E-state index >= 15 is 0 Å². The molecule has 0 radical (unpaired) electrons. The van der Waals surface area contributed by atoms with Gasteiger partial charge in [0.1, 0.15) is 5.82 Å². The van der Waals surface area contributed by atoms with Crippen molar-refractivity contribution in [3.63, 3.8) is 0 Å². The maximum atomic E-state index is 4.32. The first-order valence-corrected chi connectivity index (χ1v) is 7.24. The number of hydrogen-bond donors (Lipinski definition) is 1. The van der Waals surface area contributed by atoms with Crippen molar-refractivity contribution in [3.8, 4) is 0 Å². The van der Waals surface area contributed by atoms with Crippen LogP contribution in [0.1, 0.15) is 25.0 Å². The van der Waals surface area contributed by atoms with E-state index in [0.29, 0.717) is 0 Å². The van der Waals surface area contributed by atoms with Gasteiger partial charge in [-0.1, -0.05) is 18.2 Å². The van der Waals surface area contributed by atoms with Crippen molar-refractivity contribution >= 4 is 11.5 Å². The Labute approximate surface area is 121 Å². The maximum Gasteiger partial charge on any atom is 0.126 e. The first kappa shape index (κ1) is 14.4. The van der Waals surface area contributed by atoms with Gasteiger partial charge in [-0.2, -0.15) is 0 Å². The summed E-state index contributed by atoms with van der Waals surface area (Å²) in [4.78, 5) is 6.71. The van der Waals surface area contributed by atoms with E-state index in [0.717, 1.165) is 25.5 Å². The largest absolute Gasteiger partial charge is 0.370 e. The van der Waals surface area contributed by atoms with Crippen molar-refractivity contribution < 1.29 is 0 Å². The van der Waals surface area contributed by atoms with Gasteiger partial charge >= 0.3 is 0 Å². The third-order valence-corrected chi connectivity index (χ3v) is 3.39. The van der Waals surface area contributed by atoms with Gasteiger partial charge in [-0.15, -0.1) is 0 Å². The number of hydrogen-bond acceptors (Lipinski definition) is 3. The summed E-state index contributed by atoms with van der Waals surface area (Å²) in [6.07, 6.45) is 1.87. The average Bonchev–Trinajstić information content (AvgIpc) is 2.46. The Morgan fingerprint density at radius 1 is 1.15 bits per heavy atom. The van der Waals surface area contributed by atoms with Crippen LogP contribution in [0.15, 0.2) is 42.6 Å². The van der Waals surface area contributed by atoms with Crippen LogP contribution in [0, 0.1) is 6.92 Å². The maximum absolute atomic E-state index is 4.32.